The van der Waals surface area contributed by atoms with Gasteiger partial charge in [0.1, 0.15) is 0 Å². The molecule has 0 fully saturated rings. The molecule has 0 aromatic heterocycles. The maximum absolute atomic E-state index is 12.7. The van der Waals surface area contributed by atoms with Crippen LogP contribution < -0.4 is 0 Å². The van der Waals surface area contributed by atoms with Crippen LogP contribution in [0.3, 0.4) is 0 Å². The highest BCUT2D eigenvalue weighted by Crippen LogP contribution is 2.30. The van der Waals surface area contributed by atoms with Crippen molar-refractivity contribution in [2.24, 2.45) is 11.3 Å². The molecule has 0 aromatic carbocycles. The molecule has 0 rings (SSSR count). The first kappa shape index (κ1) is 31.9. The van der Waals surface area contributed by atoms with Gasteiger partial charge in [-0.3, -0.25) is 9.59 Å². The Morgan fingerprint density at radius 2 is 0.939 bits per heavy atom. The van der Waals surface area contributed by atoms with Gasteiger partial charge in [-0.2, -0.15) is 0 Å². The van der Waals surface area contributed by atoms with Crippen molar-refractivity contribution in [3.63, 3.8) is 0 Å². The summed E-state index contributed by atoms with van der Waals surface area (Å²) in [5.74, 6) is -0.595. The van der Waals surface area contributed by atoms with Crippen molar-refractivity contribution < 1.29 is 19.1 Å². The van der Waals surface area contributed by atoms with E-state index in [0.29, 0.717) is 26.1 Å². The van der Waals surface area contributed by atoms with E-state index in [1.165, 1.54) is 89.9 Å². The summed E-state index contributed by atoms with van der Waals surface area (Å²) in [6.07, 6.45) is 21.9. The van der Waals surface area contributed by atoms with Gasteiger partial charge in [0.05, 0.1) is 13.2 Å². The van der Waals surface area contributed by atoms with Gasteiger partial charge >= 0.3 is 11.9 Å². The fraction of sp³-hybridized carbons (Fsp3) is 0.931. The van der Waals surface area contributed by atoms with Crippen molar-refractivity contribution >= 4 is 11.9 Å². The monoisotopic (exact) mass is 468 g/mol. The minimum Gasteiger partial charge on any atom is -0.465 e. The van der Waals surface area contributed by atoms with Crippen molar-refractivity contribution in [2.45, 2.75) is 150 Å². The van der Waals surface area contributed by atoms with Crippen LogP contribution in [0.5, 0.6) is 0 Å². The third-order valence-corrected chi connectivity index (χ3v) is 6.77. The molecule has 4 nitrogen and oxygen atoms in total. The quantitative estimate of drug-likeness (QED) is 0.0854. The van der Waals surface area contributed by atoms with Crippen LogP contribution in [0.4, 0.5) is 0 Å². The molecular weight excluding hydrogens is 412 g/mol. The Hall–Kier alpha value is -1.06. The Balaban J connectivity index is 3.71. The maximum Gasteiger partial charge on any atom is 0.323 e. The molecular formula is C29H56O4. The van der Waals surface area contributed by atoms with Crippen molar-refractivity contribution in [1.29, 1.82) is 0 Å². The lowest BCUT2D eigenvalue weighted by Gasteiger charge is -2.27. The first-order chi connectivity index (χ1) is 15.9. The first-order valence-corrected chi connectivity index (χ1v) is 14.3. The average molecular weight is 469 g/mol. The highest BCUT2D eigenvalue weighted by atomic mass is 16.6. The van der Waals surface area contributed by atoms with Gasteiger partial charge in [0, 0.05) is 0 Å². The van der Waals surface area contributed by atoms with Crippen LogP contribution in [-0.4, -0.2) is 25.2 Å². The topological polar surface area (TPSA) is 52.6 Å². The lowest BCUT2D eigenvalue weighted by Crippen LogP contribution is -2.41. The molecule has 0 aliphatic rings. The number of carbonyl (C=O) groups is 2. The van der Waals surface area contributed by atoms with Crippen LogP contribution in [0, 0.1) is 11.3 Å². The van der Waals surface area contributed by atoms with E-state index in [-0.39, 0.29) is 5.92 Å². The van der Waals surface area contributed by atoms with Gasteiger partial charge in [0.15, 0.2) is 5.41 Å². The summed E-state index contributed by atoms with van der Waals surface area (Å²) in [4.78, 5) is 25.2. The zero-order chi connectivity index (χ0) is 24.8. The molecule has 0 unspecified atom stereocenters. The molecule has 0 radical (unpaired) electrons. The van der Waals surface area contributed by atoms with Gasteiger partial charge in [-0.05, 0) is 25.2 Å². The minimum absolute atomic E-state index is 0.251. The van der Waals surface area contributed by atoms with E-state index in [1.807, 2.05) is 27.7 Å². The Morgan fingerprint density at radius 3 is 1.30 bits per heavy atom. The Morgan fingerprint density at radius 1 is 0.576 bits per heavy atom. The van der Waals surface area contributed by atoms with Gasteiger partial charge in [0.25, 0.3) is 0 Å². The predicted octanol–water partition coefficient (Wildman–Crippen LogP) is 8.80. The average Bonchev–Trinajstić information content (AvgIpc) is 2.80. The number of ether oxygens (including phenoxy) is 2. The van der Waals surface area contributed by atoms with Crippen LogP contribution in [0.15, 0.2) is 0 Å². The first-order valence-electron chi connectivity index (χ1n) is 14.3. The lowest BCUT2D eigenvalue weighted by atomic mass is 9.82. The second-order valence-electron chi connectivity index (χ2n) is 10.2. The molecule has 0 aliphatic heterocycles. The molecule has 0 saturated carbocycles. The predicted molar refractivity (Wildman–Crippen MR) is 139 cm³/mol. The number of hydrogen-bond donors (Lipinski definition) is 0. The van der Waals surface area contributed by atoms with E-state index in [9.17, 15) is 9.59 Å². The van der Waals surface area contributed by atoms with Crippen molar-refractivity contribution in [1.82, 2.24) is 0 Å². The summed E-state index contributed by atoms with van der Waals surface area (Å²) < 4.78 is 10.9. The van der Waals surface area contributed by atoms with Gasteiger partial charge in [-0.25, -0.2) is 0 Å². The van der Waals surface area contributed by atoms with Crippen LogP contribution in [0.1, 0.15) is 150 Å². The highest BCUT2D eigenvalue weighted by molar-refractivity contribution is 5.99. The van der Waals surface area contributed by atoms with Crippen LogP contribution in [0.2, 0.25) is 0 Å². The van der Waals surface area contributed by atoms with E-state index in [0.717, 1.165) is 12.8 Å². The highest BCUT2D eigenvalue weighted by Gasteiger charge is 2.45. The molecule has 0 atom stereocenters. The summed E-state index contributed by atoms with van der Waals surface area (Å²) >= 11 is 0. The second-order valence-corrected chi connectivity index (χ2v) is 10.2. The van der Waals surface area contributed by atoms with E-state index in [1.54, 1.807) is 0 Å². The summed E-state index contributed by atoms with van der Waals surface area (Å²) in [5.41, 5.74) is -1.15. The molecule has 0 amide bonds. The summed E-state index contributed by atoms with van der Waals surface area (Å²) in [5, 5.41) is 0. The van der Waals surface area contributed by atoms with Gasteiger partial charge in [-0.1, -0.05) is 131 Å². The molecule has 33 heavy (non-hydrogen) atoms. The summed E-state index contributed by atoms with van der Waals surface area (Å²) in [6.45, 7) is 10.7. The molecule has 0 bridgehead atoms. The fourth-order valence-electron chi connectivity index (χ4n) is 4.24. The maximum atomic E-state index is 12.7. The summed E-state index contributed by atoms with van der Waals surface area (Å²) in [7, 11) is 0. The van der Waals surface area contributed by atoms with Gasteiger partial charge in [-0.15, -0.1) is 0 Å². The number of hydrogen-bond acceptors (Lipinski definition) is 4. The Bertz CT molecular complexity index is 468. The van der Waals surface area contributed by atoms with Gasteiger partial charge in [0.2, 0.25) is 0 Å². The van der Waals surface area contributed by atoms with Gasteiger partial charge < -0.3 is 9.47 Å². The third kappa shape index (κ3) is 15.5. The number of rotatable bonds is 23. The Labute approximate surface area is 206 Å². The normalized spacial score (nSPS) is 11.7. The SMILES string of the molecule is CCCCCCCCCCCCCCCCCCOC(=O)C(CC)(CC)C(=O)OCC(C)C. The standard InChI is InChI=1S/C29H56O4/c1-6-9-10-11-12-13-14-15-16-17-18-19-20-21-22-23-24-32-27(30)29(7-2,8-3)28(31)33-25-26(4)5/h26H,6-25H2,1-5H3. The van der Waals surface area contributed by atoms with Crippen LogP contribution in [0.25, 0.3) is 0 Å². The minimum atomic E-state index is -1.15. The molecule has 0 spiro atoms. The molecule has 0 N–H and O–H groups in total. The van der Waals surface area contributed by atoms with Crippen molar-refractivity contribution in [2.75, 3.05) is 13.2 Å². The molecule has 4 heteroatoms. The zero-order valence-electron chi connectivity index (χ0n) is 22.9. The molecule has 0 aromatic rings. The fourth-order valence-corrected chi connectivity index (χ4v) is 4.24. The largest absolute Gasteiger partial charge is 0.465 e. The molecule has 0 saturated heterocycles. The van der Waals surface area contributed by atoms with Crippen LogP contribution in [-0.2, 0) is 19.1 Å². The van der Waals surface area contributed by atoms with Crippen molar-refractivity contribution in [3.8, 4) is 0 Å². The Kier molecular flexibility index (Phi) is 20.8. The molecule has 0 aliphatic carbocycles. The third-order valence-electron chi connectivity index (χ3n) is 6.77. The number of carbonyl (C=O) groups excluding carboxylic acids is 2. The smallest absolute Gasteiger partial charge is 0.323 e. The van der Waals surface area contributed by atoms with E-state index in [4.69, 9.17) is 9.47 Å². The van der Waals surface area contributed by atoms with E-state index >= 15 is 0 Å². The van der Waals surface area contributed by atoms with E-state index in [2.05, 4.69) is 6.92 Å². The second kappa shape index (κ2) is 21.5. The molecule has 196 valence electrons. The van der Waals surface area contributed by atoms with Crippen LogP contribution >= 0.6 is 0 Å². The molecule has 0 heterocycles. The number of esters is 2. The summed E-state index contributed by atoms with van der Waals surface area (Å²) in [6, 6.07) is 0. The van der Waals surface area contributed by atoms with Crippen molar-refractivity contribution in [3.05, 3.63) is 0 Å². The zero-order valence-corrected chi connectivity index (χ0v) is 22.9. The lowest BCUT2D eigenvalue weighted by molar-refractivity contribution is -0.174. The number of unbranched alkanes of at least 4 members (excludes halogenated alkanes) is 15. The van der Waals surface area contributed by atoms with E-state index < -0.39 is 17.4 Å².